The standard InChI is InChI=1S/C17H26N2S/c1-4-13-5-7-14(8-6-13)19(3)15-9-10-16(17(18)20)12(2)11-15/h9-11,13-14H,4-8H2,1-3H3,(H2,18,20). The van der Waals surface area contributed by atoms with Crippen molar-refractivity contribution in [2.75, 3.05) is 11.9 Å². The van der Waals surface area contributed by atoms with Crippen LogP contribution in [0.15, 0.2) is 18.2 Å². The van der Waals surface area contributed by atoms with E-state index in [0.29, 0.717) is 11.0 Å². The monoisotopic (exact) mass is 290 g/mol. The van der Waals surface area contributed by atoms with Crippen molar-refractivity contribution >= 4 is 22.9 Å². The van der Waals surface area contributed by atoms with E-state index in [1.54, 1.807) is 0 Å². The fourth-order valence-corrected chi connectivity index (χ4v) is 3.52. The summed E-state index contributed by atoms with van der Waals surface area (Å²) in [7, 11) is 2.21. The van der Waals surface area contributed by atoms with Crippen LogP contribution in [0.5, 0.6) is 0 Å². The summed E-state index contributed by atoms with van der Waals surface area (Å²) in [4.78, 5) is 2.92. The van der Waals surface area contributed by atoms with Gasteiger partial charge in [0.25, 0.3) is 0 Å². The summed E-state index contributed by atoms with van der Waals surface area (Å²) >= 11 is 5.07. The molecule has 1 aliphatic carbocycles. The van der Waals surface area contributed by atoms with Crippen LogP contribution in [0.25, 0.3) is 0 Å². The van der Waals surface area contributed by atoms with Gasteiger partial charge in [0.2, 0.25) is 0 Å². The molecule has 20 heavy (non-hydrogen) atoms. The molecule has 0 saturated heterocycles. The van der Waals surface area contributed by atoms with E-state index < -0.39 is 0 Å². The second-order valence-electron chi connectivity index (χ2n) is 6.06. The molecule has 0 amide bonds. The van der Waals surface area contributed by atoms with Gasteiger partial charge in [0, 0.05) is 24.3 Å². The maximum absolute atomic E-state index is 5.73. The molecule has 3 heteroatoms. The Morgan fingerprint density at radius 1 is 1.30 bits per heavy atom. The maximum atomic E-state index is 5.73. The molecule has 0 atom stereocenters. The Morgan fingerprint density at radius 3 is 2.45 bits per heavy atom. The highest BCUT2D eigenvalue weighted by atomic mass is 32.1. The highest BCUT2D eigenvalue weighted by Gasteiger charge is 2.23. The lowest BCUT2D eigenvalue weighted by Crippen LogP contribution is -2.35. The van der Waals surface area contributed by atoms with E-state index in [4.69, 9.17) is 18.0 Å². The number of hydrogen-bond acceptors (Lipinski definition) is 2. The van der Waals surface area contributed by atoms with Crippen molar-refractivity contribution in [3.8, 4) is 0 Å². The van der Waals surface area contributed by atoms with Gasteiger partial charge in [-0.15, -0.1) is 0 Å². The van der Waals surface area contributed by atoms with Crippen LogP contribution in [0.1, 0.15) is 50.2 Å². The minimum absolute atomic E-state index is 0.486. The van der Waals surface area contributed by atoms with Crippen molar-refractivity contribution in [2.45, 2.75) is 52.0 Å². The summed E-state index contributed by atoms with van der Waals surface area (Å²) < 4.78 is 0. The second kappa shape index (κ2) is 6.57. The largest absolute Gasteiger partial charge is 0.389 e. The number of nitrogens with two attached hydrogens (primary N) is 1. The van der Waals surface area contributed by atoms with Crippen molar-refractivity contribution in [1.82, 2.24) is 0 Å². The van der Waals surface area contributed by atoms with Gasteiger partial charge in [-0.25, -0.2) is 0 Å². The zero-order valence-corrected chi connectivity index (χ0v) is 13.7. The van der Waals surface area contributed by atoms with Crippen LogP contribution in [-0.4, -0.2) is 18.1 Å². The third-order valence-electron chi connectivity index (χ3n) is 4.82. The van der Waals surface area contributed by atoms with E-state index in [1.807, 2.05) is 0 Å². The molecular formula is C17H26N2S. The molecule has 0 unspecified atom stereocenters. The zero-order valence-electron chi connectivity index (χ0n) is 12.9. The third kappa shape index (κ3) is 3.32. The quantitative estimate of drug-likeness (QED) is 0.849. The fraction of sp³-hybridized carbons (Fsp3) is 0.588. The molecule has 2 N–H and O–H groups in total. The molecule has 0 radical (unpaired) electrons. The topological polar surface area (TPSA) is 29.3 Å². The summed E-state index contributed by atoms with van der Waals surface area (Å²) in [6.45, 7) is 4.40. The Morgan fingerprint density at radius 2 is 1.95 bits per heavy atom. The number of anilines is 1. The Kier molecular flexibility index (Phi) is 5.03. The third-order valence-corrected chi connectivity index (χ3v) is 5.04. The first-order chi connectivity index (χ1) is 9.52. The zero-order chi connectivity index (χ0) is 14.7. The molecule has 0 heterocycles. The first-order valence-corrected chi connectivity index (χ1v) is 8.07. The van der Waals surface area contributed by atoms with Gasteiger partial charge in [-0.1, -0.05) is 25.6 Å². The molecule has 1 aliphatic rings. The number of hydrogen-bond donors (Lipinski definition) is 1. The number of rotatable bonds is 4. The normalized spacial score (nSPS) is 22.6. The fourth-order valence-electron chi connectivity index (χ4n) is 3.29. The van der Waals surface area contributed by atoms with E-state index in [1.165, 1.54) is 43.4 Å². The van der Waals surface area contributed by atoms with Crippen molar-refractivity contribution in [2.24, 2.45) is 11.7 Å². The van der Waals surface area contributed by atoms with Crippen LogP contribution in [0.4, 0.5) is 5.69 Å². The van der Waals surface area contributed by atoms with Crippen molar-refractivity contribution in [3.05, 3.63) is 29.3 Å². The smallest absolute Gasteiger partial charge is 0.104 e. The first-order valence-electron chi connectivity index (χ1n) is 7.66. The maximum Gasteiger partial charge on any atom is 0.104 e. The second-order valence-corrected chi connectivity index (χ2v) is 6.50. The lowest BCUT2D eigenvalue weighted by Gasteiger charge is -2.36. The highest BCUT2D eigenvalue weighted by Crippen LogP contribution is 2.31. The van der Waals surface area contributed by atoms with Crippen LogP contribution in [0.3, 0.4) is 0 Å². The molecule has 1 saturated carbocycles. The van der Waals surface area contributed by atoms with Crippen LogP contribution in [0.2, 0.25) is 0 Å². The summed E-state index contributed by atoms with van der Waals surface area (Å²) in [6, 6.07) is 7.09. The van der Waals surface area contributed by atoms with Gasteiger partial charge in [0.05, 0.1) is 0 Å². The van der Waals surface area contributed by atoms with Crippen molar-refractivity contribution in [1.29, 1.82) is 0 Å². The Balaban J connectivity index is 2.08. The van der Waals surface area contributed by atoms with Crippen molar-refractivity contribution in [3.63, 3.8) is 0 Å². The Hall–Kier alpha value is -1.09. The van der Waals surface area contributed by atoms with E-state index >= 15 is 0 Å². The Labute approximate surface area is 128 Å². The molecule has 2 rings (SSSR count). The molecule has 2 nitrogen and oxygen atoms in total. The number of nitrogens with zero attached hydrogens (tertiary/aromatic N) is 1. The molecular weight excluding hydrogens is 264 g/mol. The van der Waals surface area contributed by atoms with E-state index in [0.717, 1.165) is 11.5 Å². The van der Waals surface area contributed by atoms with Gasteiger partial charge in [0.15, 0.2) is 0 Å². The minimum atomic E-state index is 0.486. The molecule has 1 aromatic rings. The van der Waals surface area contributed by atoms with Gasteiger partial charge < -0.3 is 10.6 Å². The molecule has 0 aromatic heterocycles. The molecule has 0 bridgehead atoms. The minimum Gasteiger partial charge on any atom is -0.389 e. The summed E-state index contributed by atoms with van der Waals surface area (Å²) in [6.07, 6.45) is 6.69. The first kappa shape index (κ1) is 15.3. The van der Waals surface area contributed by atoms with Crippen LogP contribution >= 0.6 is 12.2 Å². The molecule has 1 aromatic carbocycles. The molecule has 0 spiro atoms. The van der Waals surface area contributed by atoms with Gasteiger partial charge >= 0.3 is 0 Å². The highest BCUT2D eigenvalue weighted by molar-refractivity contribution is 7.80. The van der Waals surface area contributed by atoms with Gasteiger partial charge in [-0.05, 0) is 62.3 Å². The predicted molar refractivity (Wildman–Crippen MR) is 91.5 cm³/mol. The molecule has 110 valence electrons. The number of aryl methyl sites for hydroxylation is 1. The average Bonchev–Trinajstić information content (AvgIpc) is 2.46. The summed E-state index contributed by atoms with van der Waals surface area (Å²) in [5.74, 6) is 0.943. The van der Waals surface area contributed by atoms with Crippen molar-refractivity contribution < 1.29 is 0 Å². The van der Waals surface area contributed by atoms with Crippen LogP contribution in [-0.2, 0) is 0 Å². The Bertz CT molecular complexity index is 476. The van der Waals surface area contributed by atoms with E-state index in [2.05, 4.69) is 44.0 Å². The summed E-state index contributed by atoms with van der Waals surface area (Å²) in [5.41, 5.74) is 9.17. The lowest BCUT2D eigenvalue weighted by molar-refractivity contribution is 0.313. The van der Waals surface area contributed by atoms with Crippen LogP contribution < -0.4 is 10.6 Å². The molecule has 0 aliphatic heterocycles. The summed E-state index contributed by atoms with van der Waals surface area (Å²) in [5, 5.41) is 0. The molecule has 1 fully saturated rings. The van der Waals surface area contributed by atoms with E-state index in [9.17, 15) is 0 Å². The van der Waals surface area contributed by atoms with Gasteiger partial charge in [-0.2, -0.15) is 0 Å². The van der Waals surface area contributed by atoms with Gasteiger partial charge in [-0.3, -0.25) is 0 Å². The van der Waals surface area contributed by atoms with Crippen LogP contribution in [0, 0.1) is 12.8 Å². The predicted octanol–water partition coefficient (Wildman–Crippen LogP) is 4.03. The van der Waals surface area contributed by atoms with Gasteiger partial charge in [0.1, 0.15) is 4.99 Å². The van der Waals surface area contributed by atoms with E-state index in [-0.39, 0.29) is 0 Å². The lowest BCUT2D eigenvalue weighted by atomic mass is 9.84. The number of thiocarbonyl (C=S) groups is 1. The SMILES string of the molecule is CCC1CCC(N(C)c2ccc(C(N)=S)c(C)c2)CC1. The average molecular weight is 290 g/mol. The number of benzene rings is 1.